The van der Waals surface area contributed by atoms with Crippen molar-refractivity contribution in [1.82, 2.24) is 5.43 Å². The molecule has 9 heteroatoms. The fraction of sp³-hybridized carbons (Fsp3) is 0.136. The third-order valence-corrected chi connectivity index (χ3v) is 5.64. The number of nitrogens with zero attached hydrogens (tertiary/aromatic N) is 1. The fourth-order valence-electron chi connectivity index (χ4n) is 2.57. The normalized spacial score (nSPS) is 11.2. The molecular formula is C22H19Cl2N3O3S. The SMILES string of the molecule is C/C(=N/NC(=O)c1ccc(C)s1)c1cccc(NC(=O)COc2ccc(Cl)cc2Cl)c1. The monoisotopic (exact) mass is 475 g/mol. The summed E-state index contributed by atoms with van der Waals surface area (Å²) in [5, 5.41) is 7.72. The van der Waals surface area contributed by atoms with Crippen molar-refractivity contribution in [2.45, 2.75) is 13.8 Å². The molecule has 2 aromatic carbocycles. The zero-order chi connectivity index (χ0) is 22.4. The van der Waals surface area contributed by atoms with Crippen LogP contribution in [0.25, 0.3) is 0 Å². The maximum absolute atomic E-state index is 12.2. The van der Waals surface area contributed by atoms with E-state index in [1.165, 1.54) is 11.3 Å². The molecule has 160 valence electrons. The maximum Gasteiger partial charge on any atom is 0.281 e. The molecule has 2 N–H and O–H groups in total. The van der Waals surface area contributed by atoms with Crippen LogP contribution in [0, 0.1) is 6.92 Å². The van der Waals surface area contributed by atoms with E-state index in [-0.39, 0.29) is 18.4 Å². The Morgan fingerprint density at radius 1 is 1.10 bits per heavy atom. The average molecular weight is 476 g/mol. The van der Waals surface area contributed by atoms with Gasteiger partial charge in [0.15, 0.2) is 6.61 Å². The van der Waals surface area contributed by atoms with Crippen molar-refractivity contribution in [2.75, 3.05) is 11.9 Å². The summed E-state index contributed by atoms with van der Waals surface area (Å²) in [6, 6.07) is 15.5. The number of aryl methyl sites for hydroxylation is 1. The van der Waals surface area contributed by atoms with Crippen LogP contribution in [0.15, 0.2) is 59.7 Å². The summed E-state index contributed by atoms with van der Waals surface area (Å²) in [5.74, 6) is -0.242. The van der Waals surface area contributed by atoms with Gasteiger partial charge in [0.2, 0.25) is 0 Å². The topological polar surface area (TPSA) is 79.8 Å². The van der Waals surface area contributed by atoms with E-state index in [0.29, 0.717) is 32.1 Å². The highest BCUT2D eigenvalue weighted by molar-refractivity contribution is 7.13. The highest BCUT2D eigenvalue weighted by atomic mass is 35.5. The minimum absolute atomic E-state index is 0.213. The van der Waals surface area contributed by atoms with Crippen molar-refractivity contribution in [3.63, 3.8) is 0 Å². The Hall–Kier alpha value is -2.87. The van der Waals surface area contributed by atoms with Gasteiger partial charge in [0.25, 0.3) is 11.8 Å². The molecule has 2 amide bonds. The van der Waals surface area contributed by atoms with Crippen LogP contribution in [0.4, 0.5) is 5.69 Å². The molecular weight excluding hydrogens is 457 g/mol. The first-order valence-electron chi connectivity index (χ1n) is 9.21. The van der Waals surface area contributed by atoms with Crippen LogP contribution in [0.5, 0.6) is 5.75 Å². The summed E-state index contributed by atoms with van der Waals surface area (Å²) in [6.07, 6.45) is 0. The smallest absolute Gasteiger partial charge is 0.281 e. The van der Waals surface area contributed by atoms with Crippen LogP contribution in [-0.4, -0.2) is 24.1 Å². The number of hydrogen-bond acceptors (Lipinski definition) is 5. The zero-order valence-electron chi connectivity index (χ0n) is 16.7. The molecule has 0 fully saturated rings. The van der Waals surface area contributed by atoms with Gasteiger partial charge in [-0.25, -0.2) is 5.43 Å². The van der Waals surface area contributed by atoms with Gasteiger partial charge in [-0.3, -0.25) is 9.59 Å². The fourth-order valence-corrected chi connectivity index (χ4v) is 3.79. The predicted molar refractivity (Wildman–Crippen MR) is 126 cm³/mol. The lowest BCUT2D eigenvalue weighted by Crippen LogP contribution is -2.20. The molecule has 0 aliphatic heterocycles. The molecule has 6 nitrogen and oxygen atoms in total. The molecule has 3 aromatic rings. The minimum Gasteiger partial charge on any atom is -0.482 e. The predicted octanol–water partition coefficient (Wildman–Crippen LogP) is 5.53. The average Bonchev–Trinajstić information content (AvgIpc) is 3.17. The Labute approximate surface area is 193 Å². The van der Waals surface area contributed by atoms with Crippen LogP contribution in [0.3, 0.4) is 0 Å². The van der Waals surface area contributed by atoms with Gasteiger partial charge in [-0.1, -0.05) is 35.3 Å². The van der Waals surface area contributed by atoms with E-state index in [1.807, 2.05) is 19.1 Å². The van der Waals surface area contributed by atoms with Crippen LogP contribution >= 0.6 is 34.5 Å². The number of ether oxygens (including phenoxy) is 1. The molecule has 1 aromatic heterocycles. The molecule has 0 atom stereocenters. The van der Waals surface area contributed by atoms with Crippen molar-refractivity contribution < 1.29 is 14.3 Å². The van der Waals surface area contributed by atoms with Gasteiger partial charge in [-0.15, -0.1) is 11.3 Å². The van der Waals surface area contributed by atoms with Crippen molar-refractivity contribution in [3.05, 3.63) is 80.0 Å². The van der Waals surface area contributed by atoms with Gasteiger partial charge in [0.1, 0.15) is 5.75 Å². The maximum atomic E-state index is 12.2. The van der Waals surface area contributed by atoms with E-state index >= 15 is 0 Å². The number of benzene rings is 2. The summed E-state index contributed by atoms with van der Waals surface area (Å²) in [7, 11) is 0. The van der Waals surface area contributed by atoms with Crippen molar-refractivity contribution >= 4 is 57.8 Å². The van der Waals surface area contributed by atoms with Gasteiger partial charge in [-0.05, 0) is 61.9 Å². The van der Waals surface area contributed by atoms with Crippen LogP contribution < -0.4 is 15.5 Å². The van der Waals surface area contributed by atoms with Crippen LogP contribution in [-0.2, 0) is 4.79 Å². The van der Waals surface area contributed by atoms with E-state index in [2.05, 4.69) is 15.8 Å². The number of anilines is 1. The minimum atomic E-state index is -0.348. The Balaban J connectivity index is 1.58. The van der Waals surface area contributed by atoms with Gasteiger partial charge in [-0.2, -0.15) is 5.10 Å². The first kappa shape index (κ1) is 22.8. The first-order chi connectivity index (χ1) is 14.8. The molecule has 3 rings (SSSR count). The lowest BCUT2D eigenvalue weighted by Gasteiger charge is -2.10. The molecule has 0 unspecified atom stereocenters. The second-order valence-electron chi connectivity index (χ2n) is 6.54. The second kappa shape index (κ2) is 10.4. The van der Waals surface area contributed by atoms with Crippen LogP contribution in [0.2, 0.25) is 10.0 Å². The Morgan fingerprint density at radius 2 is 1.90 bits per heavy atom. The number of carbonyl (C=O) groups is 2. The van der Waals surface area contributed by atoms with Crippen molar-refractivity contribution in [2.24, 2.45) is 5.10 Å². The number of rotatable bonds is 7. The quantitative estimate of drug-likeness (QED) is 0.347. The summed E-state index contributed by atoms with van der Waals surface area (Å²) in [5.41, 5.74) is 4.47. The molecule has 31 heavy (non-hydrogen) atoms. The zero-order valence-corrected chi connectivity index (χ0v) is 19.1. The molecule has 0 spiro atoms. The van der Waals surface area contributed by atoms with Gasteiger partial charge in [0, 0.05) is 15.6 Å². The van der Waals surface area contributed by atoms with Gasteiger partial charge in [0.05, 0.1) is 15.6 Å². The van der Waals surface area contributed by atoms with Crippen LogP contribution in [0.1, 0.15) is 27.0 Å². The van der Waals surface area contributed by atoms with Crippen molar-refractivity contribution in [1.29, 1.82) is 0 Å². The molecule has 0 bridgehead atoms. The molecule has 0 radical (unpaired) electrons. The Morgan fingerprint density at radius 3 is 2.61 bits per heavy atom. The number of nitrogens with one attached hydrogen (secondary N) is 2. The van der Waals surface area contributed by atoms with E-state index in [4.69, 9.17) is 27.9 Å². The lowest BCUT2D eigenvalue weighted by atomic mass is 10.1. The second-order valence-corrected chi connectivity index (χ2v) is 8.67. The van der Waals surface area contributed by atoms with Gasteiger partial charge >= 0.3 is 0 Å². The molecule has 0 saturated carbocycles. The van der Waals surface area contributed by atoms with Crippen molar-refractivity contribution in [3.8, 4) is 5.75 Å². The number of amides is 2. The van der Waals surface area contributed by atoms with Gasteiger partial charge < -0.3 is 10.1 Å². The molecule has 0 aliphatic carbocycles. The highest BCUT2D eigenvalue weighted by Gasteiger charge is 2.09. The number of hydrazone groups is 1. The Bertz CT molecular complexity index is 1140. The molecule has 0 aliphatic rings. The standard InChI is InChI=1S/C22H19Cl2N3O3S/c1-13-6-9-20(31-13)22(29)27-26-14(2)15-4-3-5-17(10-15)25-21(28)12-30-19-8-7-16(23)11-18(19)24/h3-11H,12H2,1-2H3,(H,25,28)(H,27,29)/b26-14-. The van der Waals surface area contributed by atoms with E-state index in [9.17, 15) is 9.59 Å². The van der Waals surface area contributed by atoms with E-state index < -0.39 is 0 Å². The Kier molecular flexibility index (Phi) is 7.68. The highest BCUT2D eigenvalue weighted by Crippen LogP contribution is 2.27. The molecule has 0 saturated heterocycles. The summed E-state index contributed by atoms with van der Waals surface area (Å²) < 4.78 is 5.44. The number of halogens is 2. The largest absolute Gasteiger partial charge is 0.482 e. The molecule has 1 heterocycles. The third kappa shape index (κ3) is 6.55. The number of hydrogen-bond donors (Lipinski definition) is 2. The number of thiophene rings is 1. The van der Waals surface area contributed by atoms with E-state index in [0.717, 1.165) is 10.4 Å². The summed E-state index contributed by atoms with van der Waals surface area (Å²) in [4.78, 5) is 26.0. The number of carbonyl (C=O) groups excluding carboxylic acids is 2. The summed E-state index contributed by atoms with van der Waals surface area (Å²) >= 11 is 13.3. The lowest BCUT2D eigenvalue weighted by molar-refractivity contribution is -0.118. The third-order valence-electron chi connectivity index (χ3n) is 4.11. The first-order valence-corrected chi connectivity index (χ1v) is 10.8. The summed E-state index contributed by atoms with van der Waals surface area (Å²) in [6.45, 7) is 3.49. The van der Waals surface area contributed by atoms with E-state index in [1.54, 1.807) is 49.4 Å².